The summed E-state index contributed by atoms with van der Waals surface area (Å²) >= 11 is 1.30. The van der Waals surface area contributed by atoms with Crippen molar-refractivity contribution in [1.82, 2.24) is 10.3 Å². The lowest BCUT2D eigenvalue weighted by molar-refractivity contribution is -0.125. The molecule has 0 radical (unpaired) electrons. The Morgan fingerprint density at radius 2 is 2.23 bits per heavy atom. The molecule has 2 aromatic rings. The molecule has 1 aromatic heterocycles. The van der Waals surface area contributed by atoms with Crippen molar-refractivity contribution in [3.05, 3.63) is 59.1 Å². The third kappa shape index (κ3) is 4.49. The standard InChI is InChI=1S/C19H21N3O3S/c1-2-10-20-19-22-16(12-26-19)18(24)25-11-17(23)21-15-9-5-7-13-6-3-4-8-14(13)15/h2-4,6,8,12,15H,1,5,7,9-11H2,(H,20,22)(H,21,23). The normalized spacial score (nSPS) is 15.6. The Morgan fingerprint density at radius 1 is 1.38 bits per heavy atom. The number of aromatic nitrogens is 1. The van der Waals surface area contributed by atoms with Crippen molar-refractivity contribution in [3.8, 4) is 0 Å². The third-order valence-electron chi connectivity index (χ3n) is 4.15. The lowest BCUT2D eigenvalue weighted by Crippen LogP contribution is -2.34. The van der Waals surface area contributed by atoms with Crippen LogP contribution in [0.25, 0.3) is 0 Å². The maximum absolute atomic E-state index is 12.2. The maximum atomic E-state index is 12.2. The van der Waals surface area contributed by atoms with Crippen LogP contribution < -0.4 is 10.6 Å². The molecule has 0 fully saturated rings. The summed E-state index contributed by atoms with van der Waals surface area (Å²) in [5.41, 5.74) is 2.61. The molecule has 0 saturated carbocycles. The van der Waals surface area contributed by atoms with Gasteiger partial charge in [0.15, 0.2) is 17.4 Å². The molecule has 0 spiro atoms. The van der Waals surface area contributed by atoms with Crippen molar-refractivity contribution in [2.24, 2.45) is 0 Å². The minimum absolute atomic E-state index is 0.0277. The number of carbonyl (C=O) groups excluding carboxylic acids is 2. The van der Waals surface area contributed by atoms with E-state index in [1.807, 2.05) is 18.2 Å². The fourth-order valence-electron chi connectivity index (χ4n) is 2.95. The summed E-state index contributed by atoms with van der Waals surface area (Å²) in [5, 5.41) is 8.17. The van der Waals surface area contributed by atoms with Crippen LogP contribution in [0, 0.1) is 0 Å². The lowest BCUT2D eigenvalue weighted by atomic mass is 9.88. The van der Waals surface area contributed by atoms with E-state index < -0.39 is 5.97 Å². The molecule has 0 bridgehead atoms. The molecule has 1 unspecified atom stereocenters. The monoisotopic (exact) mass is 371 g/mol. The fraction of sp³-hybridized carbons (Fsp3) is 0.316. The number of nitrogens with zero attached hydrogens (tertiary/aromatic N) is 1. The molecule has 0 aliphatic heterocycles. The summed E-state index contributed by atoms with van der Waals surface area (Å²) in [6.07, 6.45) is 4.65. The molecule has 1 heterocycles. The molecule has 1 aliphatic rings. The van der Waals surface area contributed by atoms with Crippen LogP contribution in [-0.4, -0.2) is 30.0 Å². The zero-order valence-electron chi connectivity index (χ0n) is 14.4. The number of ether oxygens (including phenoxy) is 1. The first-order valence-corrected chi connectivity index (χ1v) is 9.40. The number of anilines is 1. The van der Waals surface area contributed by atoms with Gasteiger partial charge in [0.25, 0.3) is 5.91 Å². The highest BCUT2D eigenvalue weighted by Crippen LogP contribution is 2.29. The van der Waals surface area contributed by atoms with Gasteiger partial charge in [0.05, 0.1) is 6.04 Å². The second kappa shape index (κ2) is 8.62. The average Bonchev–Trinajstić information content (AvgIpc) is 3.14. The van der Waals surface area contributed by atoms with E-state index in [-0.39, 0.29) is 24.2 Å². The van der Waals surface area contributed by atoms with E-state index in [2.05, 4.69) is 28.3 Å². The smallest absolute Gasteiger partial charge is 0.358 e. The van der Waals surface area contributed by atoms with Crippen molar-refractivity contribution in [2.45, 2.75) is 25.3 Å². The van der Waals surface area contributed by atoms with Gasteiger partial charge in [-0.2, -0.15) is 0 Å². The largest absolute Gasteiger partial charge is 0.451 e. The van der Waals surface area contributed by atoms with E-state index >= 15 is 0 Å². The number of nitrogens with one attached hydrogen (secondary N) is 2. The predicted octanol–water partition coefficient (Wildman–Crippen LogP) is 3.09. The molecular formula is C19H21N3O3S. The minimum Gasteiger partial charge on any atom is -0.451 e. The van der Waals surface area contributed by atoms with Gasteiger partial charge in [-0.15, -0.1) is 17.9 Å². The van der Waals surface area contributed by atoms with Crippen LogP contribution in [-0.2, 0) is 16.0 Å². The molecule has 0 saturated heterocycles. The van der Waals surface area contributed by atoms with Gasteiger partial charge < -0.3 is 15.4 Å². The number of hydrogen-bond acceptors (Lipinski definition) is 6. The summed E-state index contributed by atoms with van der Waals surface area (Å²) in [6, 6.07) is 8.09. The highest BCUT2D eigenvalue weighted by molar-refractivity contribution is 7.13. The highest BCUT2D eigenvalue weighted by Gasteiger charge is 2.22. The zero-order chi connectivity index (χ0) is 18.4. The maximum Gasteiger partial charge on any atom is 0.358 e. The quantitative estimate of drug-likeness (QED) is 0.577. The Labute approximate surface area is 156 Å². The highest BCUT2D eigenvalue weighted by atomic mass is 32.1. The predicted molar refractivity (Wildman–Crippen MR) is 101 cm³/mol. The Morgan fingerprint density at radius 3 is 3.08 bits per heavy atom. The van der Waals surface area contributed by atoms with Crippen molar-refractivity contribution < 1.29 is 14.3 Å². The number of amides is 1. The Kier molecular flexibility index (Phi) is 6.01. The number of thiazole rings is 1. The van der Waals surface area contributed by atoms with E-state index in [1.165, 1.54) is 16.9 Å². The van der Waals surface area contributed by atoms with E-state index in [9.17, 15) is 9.59 Å². The minimum atomic E-state index is -0.605. The zero-order valence-corrected chi connectivity index (χ0v) is 15.2. The van der Waals surface area contributed by atoms with Gasteiger partial charge in [-0.05, 0) is 30.4 Å². The van der Waals surface area contributed by atoms with Crippen LogP contribution in [0.15, 0.2) is 42.3 Å². The molecule has 1 aliphatic carbocycles. The molecule has 3 rings (SSSR count). The molecule has 26 heavy (non-hydrogen) atoms. The first-order valence-electron chi connectivity index (χ1n) is 8.52. The topological polar surface area (TPSA) is 80.3 Å². The van der Waals surface area contributed by atoms with E-state index in [0.29, 0.717) is 11.7 Å². The molecule has 1 atom stereocenters. The average molecular weight is 371 g/mol. The summed E-state index contributed by atoms with van der Waals surface area (Å²) in [5.74, 6) is -0.910. The van der Waals surface area contributed by atoms with E-state index in [1.54, 1.807) is 11.5 Å². The van der Waals surface area contributed by atoms with E-state index in [4.69, 9.17) is 4.74 Å². The first-order chi connectivity index (χ1) is 12.7. The Balaban J connectivity index is 1.51. The van der Waals surface area contributed by atoms with Gasteiger partial charge >= 0.3 is 5.97 Å². The number of aryl methyl sites for hydroxylation is 1. The number of benzene rings is 1. The van der Waals surface area contributed by atoms with Crippen LogP contribution in [0.1, 0.15) is 40.5 Å². The summed E-state index contributed by atoms with van der Waals surface area (Å²) in [6.45, 7) is 3.85. The van der Waals surface area contributed by atoms with Gasteiger partial charge in [-0.25, -0.2) is 9.78 Å². The second-order valence-electron chi connectivity index (χ2n) is 5.99. The Hall–Kier alpha value is -2.67. The Bertz CT molecular complexity index is 803. The van der Waals surface area contributed by atoms with Crippen LogP contribution in [0.4, 0.5) is 5.13 Å². The molecule has 1 aromatic carbocycles. The van der Waals surface area contributed by atoms with Crippen LogP contribution >= 0.6 is 11.3 Å². The number of carbonyl (C=O) groups is 2. The number of rotatable bonds is 7. The summed E-state index contributed by atoms with van der Waals surface area (Å²) in [7, 11) is 0. The summed E-state index contributed by atoms with van der Waals surface area (Å²) < 4.78 is 5.08. The molecule has 2 N–H and O–H groups in total. The second-order valence-corrected chi connectivity index (χ2v) is 6.85. The molecule has 6 nitrogen and oxygen atoms in total. The number of hydrogen-bond donors (Lipinski definition) is 2. The fourth-order valence-corrected chi connectivity index (χ4v) is 3.64. The summed E-state index contributed by atoms with van der Waals surface area (Å²) in [4.78, 5) is 28.3. The van der Waals surface area contributed by atoms with E-state index in [0.717, 1.165) is 24.8 Å². The first kappa shape index (κ1) is 18.1. The van der Waals surface area contributed by atoms with Gasteiger partial charge in [0.2, 0.25) is 0 Å². The SMILES string of the molecule is C=CCNc1nc(C(=O)OCC(=O)NC2CCCc3ccccc32)cs1. The number of esters is 1. The lowest BCUT2D eigenvalue weighted by Gasteiger charge is -2.26. The van der Waals surface area contributed by atoms with Crippen molar-refractivity contribution in [3.63, 3.8) is 0 Å². The van der Waals surface area contributed by atoms with Gasteiger partial charge in [0, 0.05) is 11.9 Å². The van der Waals surface area contributed by atoms with Crippen LogP contribution in [0.5, 0.6) is 0 Å². The number of fused-ring (bicyclic) bond motifs is 1. The van der Waals surface area contributed by atoms with Crippen LogP contribution in [0.3, 0.4) is 0 Å². The van der Waals surface area contributed by atoms with Crippen molar-refractivity contribution in [2.75, 3.05) is 18.5 Å². The molecule has 1 amide bonds. The van der Waals surface area contributed by atoms with Crippen LogP contribution in [0.2, 0.25) is 0 Å². The van der Waals surface area contributed by atoms with Gasteiger partial charge in [-0.1, -0.05) is 30.3 Å². The van der Waals surface area contributed by atoms with Crippen molar-refractivity contribution in [1.29, 1.82) is 0 Å². The van der Waals surface area contributed by atoms with Crippen molar-refractivity contribution >= 4 is 28.3 Å². The van der Waals surface area contributed by atoms with Gasteiger partial charge in [-0.3, -0.25) is 4.79 Å². The third-order valence-corrected chi connectivity index (χ3v) is 4.95. The van der Waals surface area contributed by atoms with Gasteiger partial charge in [0.1, 0.15) is 0 Å². The molecule has 7 heteroatoms. The molecular weight excluding hydrogens is 350 g/mol. The molecule has 136 valence electrons.